The molecule has 1 heterocycles. The lowest BCUT2D eigenvalue weighted by molar-refractivity contribution is 0.511. The van der Waals surface area contributed by atoms with E-state index >= 15 is 0 Å². The van der Waals surface area contributed by atoms with Gasteiger partial charge in [0, 0.05) is 6.20 Å². The van der Waals surface area contributed by atoms with Gasteiger partial charge in [0.1, 0.15) is 0 Å². The summed E-state index contributed by atoms with van der Waals surface area (Å²) < 4.78 is 26.0. The van der Waals surface area contributed by atoms with E-state index in [1.807, 2.05) is 0 Å². The summed E-state index contributed by atoms with van der Waals surface area (Å²) >= 11 is 0. The maximum absolute atomic E-state index is 13.2. The fraction of sp³-hybridized carbons (Fsp3) is 0.100. The van der Waals surface area contributed by atoms with Gasteiger partial charge in [-0.05, 0) is 18.2 Å². The number of rotatable bonds is 3. The summed E-state index contributed by atoms with van der Waals surface area (Å²) in [6.45, 7) is 0.375. The van der Waals surface area contributed by atoms with Crippen molar-refractivity contribution in [1.82, 2.24) is 10.2 Å². The Balaban J connectivity index is 2.08. The maximum Gasteiger partial charge on any atom is 0.181 e. The van der Waals surface area contributed by atoms with Crippen LogP contribution in [0.4, 0.5) is 14.5 Å². The van der Waals surface area contributed by atoms with Gasteiger partial charge in [-0.15, -0.1) is 0 Å². The number of anilines is 1. The molecule has 0 amide bonds. The molecule has 2 N–H and O–H groups in total. The number of nitrogens with one attached hydrogen (secondary N) is 2. The van der Waals surface area contributed by atoms with Gasteiger partial charge in [-0.25, -0.2) is 8.78 Å². The van der Waals surface area contributed by atoms with Crippen LogP contribution in [0, 0.1) is 11.6 Å². The van der Waals surface area contributed by atoms with Crippen LogP contribution >= 0.6 is 0 Å². The highest BCUT2D eigenvalue weighted by atomic mass is 19.2. The molecule has 5 heteroatoms. The summed E-state index contributed by atoms with van der Waals surface area (Å²) in [6.07, 6.45) is 1.60. The highest BCUT2D eigenvalue weighted by Gasteiger charge is 2.06. The molecule has 1 aromatic heterocycles. The van der Waals surface area contributed by atoms with Crippen LogP contribution in [-0.2, 0) is 6.54 Å². The maximum atomic E-state index is 13.2. The standard InChI is InChI=1S/C10H9F2N3/c11-8-2-1-3-9(10(8)12)13-6-7-4-5-14-15-7/h1-5,13H,6H2,(H,14,15). The van der Waals surface area contributed by atoms with Crippen LogP contribution in [0.2, 0.25) is 0 Å². The van der Waals surface area contributed by atoms with Crippen molar-refractivity contribution in [2.45, 2.75) is 6.54 Å². The minimum Gasteiger partial charge on any atom is -0.377 e. The minimum absolute atomic E-state index is 0.143. The van der Waals surface area contributed by atoms with Crippen LogP contribution in [0.15, 0.2) is 30.5 Å². The Morgan fingerprint density at radius 3 is 2.87 bits per heavy atom. The number of H-pyrrole nitrogens is 1. The fourth-order valence-corrected chi connectivity index (χ4v) is 1.21. The summed E-state index contributed by atoms with van der Waals surface area (Å²) in [7, 11) is 0. The molecule has 0 aliphatic carbocycles. The molecule has 0 fully saturated rings. The van der Waals surface area contributed by atoms with E-state index in [1.54, 1.807) is 12.3 Å². The van der Waals surface area contributed by atoms with Gasteiger partial charge in [-0.1, -0.05) is 6.07 Å². The number of halogens is 2. The molecule has 15 heavy (non-hydrogen) atoms. The molecule has 2 rings (SSSR count). The topological polar surface area (TPSA) is 40.7 Å². The van der Waals surface area contributed by atoms with Gasteiger partial charge < -0.3 is 5.32 Å². The molecule has 0 radical (unpaired) electrons. The molecule has 0 atom stereocenters. The first-order valence-corrected chi connectivity index (χ1v) is 4.43. The summed E-state index contributed by atoms with van der Waals surface area (Å²) in [6, 6.07) is 5.77. The Morgan fingerprint density at radius 2 is 2.13 bits per heavy atom. The highest BCUT2D eigenvalue weighted by molar-refractivity contribution is 5.45. The molecule has 0 aliphatic rings. The van der Waals surface area contributed by atoms with Crippen molar-refractivity contribution in [3.8, 4) is 0 Å². The molecular weight excluding hydrogens is 200 g/mol. The van der Waals surface area contributed by atoms with Crippen LogP contribution in [0.1, 0.15) is 5.69 Å². The Labute approximate surface area is 85.1 Å². The quantitative estimate of drug-likeness (QED) is 0.814. The smallest absolute Gasteiger partial charge is 0.181 e. The Bertz CT molecular complexity index is 440. The fourth-order valence-electron chi connectivity index (χ4n) is 1.21. The minimum atomic E-state index is -0.864. The van der Waals surface area contributed by atoms with Gasteiger partial charge in [-0.3, -0.25) is 5.10 Å². The highest BCUT2D eigenvalue weighted by Crippen LogP contribution is 2.16. The first-order valence-electron chi connectivity index (χ1n) is 4.43. The first-order chi connectivity index (χ1) is 7.27. The second kappa shape index (κ2) is 4.08. The van der Waals surface area contributed by atoms with E-state index in [-0.39, 0.29) is 5.69 Å². The summed E-state index contributed by atoms with van der Waals surface area (Å²) in [5, 5.41) is 9.22. The normalized spacial score (nSPS) is 10.3. The third kappa shape index (κ3) is 2.12. The second-order valence-electron chi connectivity index (χ2n) is 3.04. The van der Waals surface area contributed by atoms with Crippen molar-refractivity contribution in [1.29, 1.82) is 0 Å². The zero-order valence-electron chi connectivity index (χ0n) is 7.80. The summed E-state index contributed by atoms with van der Waals surface area (Å²) in [5.74, 6) is -1.72. The van der Waals surface area contributed by atoms with Gasteiger partial charge in [0.25, 0.3) is 0 Å². The molecule has 3 nitrogen and oxygen atoms in total. The number of hydrogen-bond donors (Lipinski definition) is 2. The lowest BCUT2D eigenvalue weighted by atomic mass is 10.3. The number of nitrogens with zero attached hydrogens (tertiary/aromatic N) is 1. The predicted octanol–water partition coefficient (Wildman–Crippen LogP) is 2.30. The van der Waals surface area contributed by atoms with Crippen LogP contribution in [-0.4, -0.2) is 10.2 Å². The van der Waals surface area contributed by atoms with E-state index in [2.05, 4.69) is 15.5 Å². The predicted molar refractivity (Wildman–Crippen MR) is 52.3 cm³/mol. The van der Waals surface area contributed by atoms with Crippen LogP contribution in [0.5, 0.6) is 0 Å². The van der Waals surface area contributed by atoms with E-state index in [9.17, 15) is 8.78 Å². The average molecular weight is 209 g/mol. The molecule has 0 saturated heterocycles. The molecular formula is C10H9F2N3. The molecule has 0 saturated carbocycles. The van der Waals surface area contributed by atoms with E-state index in [4.69, 9.17) is 0 Å². The Hall–Kier alpha value is -1.91. The average Bonchev–Trinajstić information content (AvgIpc) is 2.73. The number of hydrogen-bond acceptors (Lipinski definition) is 2. The number of aromatic nitrogens is 2. The number of aromatic amines is 1. The molecule has 0 bridgehead atoms. The molecule has 0 aliphatic heterocycles. The van der Waals surface area contributed by atoms with Gasteiger partial charge >= 0.3 is 0 Å². The van der Waals surface area contributed by atoms with E-state index in [1.165, 1.54) is 12.1 Å². The lowest BCUT2D eigenvalue weighted by Gasteiger charge is -2.05. The van der Waals surface area contributed by atoms with Gasteiger partial charge in [0.15, 0.2) is 11.6 Å². The second-order valence-corrected chi connectivity index (χ2v) is 3.04. The molecule has 78 valence electrons. The van der Waals surface area contributed by atoms with Crippen LogP contribution in [0.25, 0.3) is 0 Å². The molecule has 0 spiro atoms. The Kier molecular flexibility index (Phi) is 2.62. The van der Waals surface area contributed by atoms with Crippen LogP contribution in [0.3, 0.4) is 0 Å². The van der Waals surface area contributed by atoms with E-state index in [0.717, 1.165) is 11.8 Å². The van der Waals surface area contributed by atoms with Crippen molar-refractivity contribution >= 4 is 5.69 Å². The SMILES string of the molecule is Fc1cccc(NCc2ccn[nH]2)c1F. The summed E-state index contributed by atoms with van der Waals surface area (Å²) in [5.41, 5.74) is 0.947. The van der Waals surface area contributed by atoms with Crippen molar-refractivity contribution in [3.63, 3.8) is 0 Å². The molecule has 2 aromatic rings. The zero-order chi connectivity index (χ0) is 10.7. The Morgan fingerprint density at radius 1 is 1.27 bits per heavy atom. The third-order valence-electron chi connectivity index (χ3n) is 1.98. The van der Waals surface area contributed by atoms with Gasteiger partial charge in [0.05, 0.1) is 17.9 Å². The van der Waals surface area contributed by atoms with Crippen molar-refractivity contribution < 1.29 is 8.78 Å². The van der Waals surface area contributed by atoms with Crippen LogP contribution < -0.4 is 5.32 Å². The summed E-state index contributed by atoms with van der Waals surface area (Å²) in [4.78, 5) is 0. The van der Waals surface area contributed by atoms with Gasteiger partial charge in [-0.2, -0.15) is 5.10 Å². The van der Waals surface area contributed by atoms with Crippen molar-refractivity contribution in [3.05, 3.63) is 47.8 Å². The van der Waals surface area contributed by atoms with E-state index < -0.39 is 11.6 Å². The number of benzene rings is 1. The molecule has 1 aromatic carbocycles. The monoisotopic (exact) mass is 209 g/mol. The zero-order valence-corrected chi connectivity index (χ0v) is 7.80. The van der Waals surface area contributed by atoms with Crippen molar-refractivity contribution in [2.75, 3.05) is 5.32 Å². The van der Waals surface area contributed by atoms with E-state index in [0.29, 0.717) is 6.54 Å². The first kappa shape index (κ1) is 9.64. The third-order valence-corrected chi connectivity index (χ3v) is 1.98. The van der Waals surface area contributed by atoms with Gasteiger partial charge in [0.2, 0.25) is 0 Å². The molecule has 0 unspecified atom stereocenters. The van der Waals surface area contributed by atoms with Crippen molar-refractivity contribution in [2.24, 2.45) is 0 Å². The lowest BCUT2D eigenvalue weighted by Crippen LogP contribution is -2.02. The largest absolute Gasteiger partial charge is 0.377 e.